The average Bonchev–Trinajstić information content (AvgIpc) is 2.63. The zero-order chi connectivity index (χ0) is 10.7. The first kappa shape index (κ1) is 10.1. The Balaban J connectivity index is 2.05. The summed E-state index contributed by atoms with van der Waals surface area (Å²) < 4.78 is 5.19. The number of hydrogen-bond donors (Lipinski definition) is 1. The first-order valence-corrected chi connectivity index (χ1v) is 5.25. The molecule has 0 fully saturated rings. The van der Waals surface area contributed by atoms with Gasteiger partial charge in [-0.25, -0.2) is 5.10 Å². The smallest absolute Gasteiger partial charge is 0.284 e. The van der Waals surface area contributed by atoms with Crippen molar-refractivity contribution in [1.29, 1.82) is 0 Å². The summed E-state index contributed by atoms with van der Waals surface area (Å²) in [5.41, 5.74) is 2.62. The van der Waals surface area contributed by atoms with Crippen LogP contribution in [0.3, 0.4) is 0 Å². The van der Waals surface area contributed by atoms with Crippen LogP contribution in [0.5, 0.6) is 0 Å². The molecule has 4 heteroatoms. The van der Waals surface area contributed by atoms with E-state index in [-0.39, 0.29) is 0 Å². The molecule has 1 N–H and O–H groups in total. The highest BCUT2D eigenvalue weighted by Crippen LogP contribution is 2.10. The first-order valence-electron chi connectivity index (χ1n) is 4.84. The lowest BCUT2D eigenvalue weighted by Gasteiger charge is -2.02. The number of nitrogens with zero attached hydrogens (tertiary/aromatic N) is 1. The Morgan fingerprint density at radius 2 is 2.13 bits per heavy atom. The van der Waals surface area contributed by atoms with E-state index in [1.807, 2.05) is 12.1 Å². The molecule has 0 spiro atoms. The minimum absolute atomic E-state index is 0.342. The monoisotopic (exact) mass is 220 g/mol. The highest BCUT2D eigenvalue weighted by Gasteiger charge is 2.02. The molecule has 0 saturated heterocycles. The third kappa shape index (κ3) is 2.53. The van der Waals surface area contributed by atoms with Gasteiger partial charge in [-0.2, -0.15) is 0 Å². The van der Waals surface area contributed by atoms with Crippen LogP contribution < -0.4 is 0 Å². The first-order chi connectivity index (χ1) is 7.25. The molecule has 0 aliphatic heterocycles. The van der Waals surface area contributed by atoms with E-state index in [9.17, 15) is 0 Å². The van der Waals surface area contributed by atoms with Crippen LogP contribution in [0.2, 0.25) is 0 Å². The third-order valence-electron chi connectivity index (χ3n) is 2.35. The minimum atomic E-state index is 0.342. The SMILES string of the molecule is Cc1ccccc1CCc1n[nH]c(=S)o1. The van der Waals surface area contributed by atoms with Gasteiger partial charge in [-0.15, -0.1) is 5.10 Å². The predicted octanol–water partition coefficient (Wildman–Crippen LogP) is 2.83. The van der Waals surface area contributed by atoms with Gasteiger partial charge in [-0.05, 0) is 36.7 Å². The van der Waals surface area contributed by atoms with E-state index in [1.165, 1.54) is 11.1 Å². The number of hydrogen-bond acceptors (Lipinski definition) is 3. The second-order valence-electron chi connectivity index (χ2n) is 3.43. The maximum absolute atomic E-state index is 5.19. The quantitative estimate of drug-likeness (QED) is 0.809. The Morgan fingerprint density at radius 1 is 1.33 bits per heavy atom. The number of aromatic amines is 1. The number of aromatic nitrogens is 2. The zero-order valence-corrected chi connectivity index (χ0v) is 9.30. The van der Waals surface area contributed by atoms with E-state index < -0.39 is 0 Å². The van der Waals surface area contributed by atoms with Gasteiger partial charge in [-0.3, -0.25) is 0 Å². The summed E-state index contributed by atoms with van der Waals surface area (Å²) in [7, 11) is 0. The molecule has 1 aromatic carbocycles. The van der Waals surface area contributed by atoms with Gasteiger partial charge in [0.05, 0.1) is 0 Å². The summed E-state index contributed by atoms with van der Waals surface area (Å²) in [5, 5.41) is 6.58. The fraction of sp³-hybridized carbons (Fsp3) is 0.273. The molecule has 0 aliphatic carbocycles. The van der Waals surface area contributed by atoms with Crippen LogP contribution in [0.25, 0.3) is 0 Å². The van der Waals surface area contributed by atoms with Crippen molar-refractivity contribution in [2.45, 2.75) is 19.8 Å². The molecule has 1 aromatic heterocycles. The average molecular weight is 220 g/mol. The predicted molar refractivity (Wildman–Crippen MR) is 60.3 cm³/mol. The molecule has 15 heavy (non-hydrogen) atoms. The second-order valence-corrected chi connectivity index (χ2v) is 3.80. The Kier molecular flexibility index (Phi) is 2.97. The summed E-state index contributed by atoms with van der Waals surface area (Å²) in [6.07, 6.45) is 1.70. The van der Waals surface area contributed by atoms with Crippen LogP contribution in [0.15, 0.2) is 28.7 Å². The van der Waals surface area contributed by atoms with Gasteiger partial charge in [0.25, 0.3) is 4.84 Å². The maximum Gasteiger partial charge on any atom is 0.284 e. The molecule has 0 amide bonds. The molecule has 3 nitrogen and oxygen atoms in total. The number of rotatable bonds is 3. The number of benzene rings is 1. The Bertz CT molecular complexity index is 501. The van der Waals surface area contributed by atoms with Crippen molar-refractivity contribution in [1.82, 2.24) is 10.2 Å². The fourth-order valence-electron chi connectivity index (χ4n) is 1.50. The number of nitrogens with one attached hydrogen (secondary N) is 1. The molecular weight excluding hydrogens is 208 g/mol. The minimum Gasteiger partial charge on any atom is -0.414 e. The highest BCUT2D eigenvalue weighted by atomic mass is 32.1. The van der Waals surface area contributed by atoms with Crippen molar-refractivity contribution in [3.05, 3.63) is 46.1 Å². The molecule has 2 aromatic rings. The van der Waals surface area contributed by atoms with Crippen LogP contribution in [-0.4, -0.2) is 10.2 Å². The zero-order valence-electron chi connectivity index (χ0n) is 8.49. The summed E-state index contributed by atoms with van der Waals surface area (Å²) in [6, 6.07) is 8.31. The van der Waals surface area contributed by atoms with Gasteiger partial charge in [0, 0.05) is 6.42 Å². The maximum atomic E-state index is 5.19. The van der Waals surface area contributed by atoms with E-state index >= 15 is 0 Å². The standard InChI is InChI=1S/C11H12N2OS/c1-8-4-2-3-5-9(8)6-7-10-12-13-11(15)14-10/h2-5H,6-7H2,1H3,(H,13,15). The molecule has 0 saturated carbocycles. The molecular formula is C11H12N2OS. The molecule has 0 unspecified atom stereocenters. The lowest BCUT2D eigenvalue weighted by molar-refractivity contribution is 0.480. The molecule has 1 heterocycles. The highest BCUT2D eigenvalue weighted by molar-refractivity contribution is 7.71. The van der Waals surface area contributed by atoms with E-state index in [2.05, 4.69) is 29.3 Å². The van der Waals surface area contributed by atoms with Crippen LogP contribution in [0.1, 0.15) is 17.0 Å². The van der Waals surface area contributed by atoms with Gasteiger partial charge < -0.3 is 4.42 Å². The molecule has 0 bridgehead atoms. The Hall–Kier alpha value is -1.42. The van der Waals surface area contributed by atoms with Crippen molar-refractivity contribution in [2.75, 3.05) is 0 Å². The number of aryl methyl sites for hydroxylation is 3. The van der Waals surface area contributed by atoms with E-state index in [0.29, 0.717) is 10.7 Å². The van der Waals surface area contributed by atoms with E-state index in [0.717, 1.165) is 12.8 Å². The normalized spacial score (nSPS) is 10.5. The summed E-state index contributed by atoms with van der Waals surface area (Å²) in [4.78, 5) is 0.342. The Morgan fingerprint density at radius 3 is 2.80 bits per heavy atom. The summed E-state index contributed by atoms with van der Waals surface area (Å²) in [6.45, 7) is 2.11. The van der Waals surface area contributed by atoms with Crippen LogP contribution in [0, 0.1) is 11.8 Å². The van der Waals surface area contributed by atoms with Crippen LogP contribution in [0.4, 0.5) is 0 Å². The van der Waals surface area contributed by atoms with Gasteiger partial charge >= 0.3 is 0 Å². The van der Waals surface area contributed by atoms with Gasteiger partial charge in [0.2, 0.25) is 5.89 Å². The van der Waals surface area contributed by atoms with E-state index in [1.54, 1.807) is 0 Å². The third-order valence-corrected chi connectivity index (χ3v) is 2.53. The van der Waals surface area contributed by atoms with Crippen LogP contribution >= 0.6 is 12.2 Å². The largest absolute Gasteiger partial charge is 0.414 e. The van der Waals surface area contributed by atoms with Gasteiger partial charge in [-0.1, -0.05) is 24.3 Å². The van der Waals surface area contributed by atoms with Crippen molar-refractivity contribution in [2.24, 2.45) is 0 Å². The molecule has 78 valence electrons. The molecule has 0 radical (unpaired) electrons. The lowest BCUT2D eigenvalue weighted by atomic mass is 10.0. The molecule has 2 rings (SSSR count). The lowest BCUT2D eigenvalue weighted by Crippen LogP contribution is -1.94. The molecule has 0 atom stereocenters. The van der Waals surface area contributed by atoms with E-state index in [4.69, 9.17) is 16.6 Å². The van der Waals surface area contributed by atoms with Gasteiger partial charge in [0.15, 0.2) is 0 Å². The Labute approximate surface area is 93.1 Å². The summed E-state index contributed by atoms with van der Waals surface area (Å²) >= 11 is 4.80. The van der Waals surface area contributed by atoms with Crippen molar-refractivity contribution in [3.8, 4) is 0 Å². The second kappa shape index (κ2) is 4.40. The topological polar surface area (TPSA) is 41.8 Å². The molecule has 0 aliphatic rings. The fourth-order valence-corrected chi connectivity index (χ4v) is 1.64. The van der Waals surface area contributed by atoms with Crippen molar-refractivity contribution < 1.29 is 4.42 Å². The summed E-state index contributed by atoms with van der Waals surface area (Å²) in [5.74, 6) is 0.670. The van der Waals surface area contributed by atoms with Crippen molar-refractivity contribution >= 4 is 12.2 Å². The van der Waals surface area contributed by atoms with Crippen LogP contribution in [-0.2, 0) is 12.8 Å². The number of H-pyrrole nitrogens is 1. The van der Waals surface area contributed by atoms with Crippen molar-refractivity contribution in [3.63, 3.8) is 0 Å². The van der Waals surface area contributed by atoms with Gasteiger partial charge in [0.1, 0.15) is 0 Å².